The van der Waals surface area contributed by atoms with Crippen LogP contribution in [-0.2, 0) is 0 Å². The molecule has 5 nitrogen and oxygen atoms in total. The molecule has 80 valence electrons. The Kier molecular flexibility index (Phi) is 2.98. The molecule has 2 rings (SSSR count). The van der Waals surface area contributed by atoms with Gasteiger partial charge in [0, 0.05) is 12.5 Å². The van der Waals surface area contributed by atoms with E-state index in [4.69, 9.17) is 9.47 Å². The second kappa shape index (κ2) is 4.42. The molecular weight excluding hydrogens is 199 g/mol. The first-order valence-corrected chi connectivity index (χ1v) is 4.63. The smallest absolute Gasteiger partial charge is 0.164 e. The van der Waals surface area contributed by atoms with Crippen molar-refractivity contribution in [3.8, 4) is 17.2 Å². The number of hydrogen-bond donors (Lipinski definition) is 0. The molecule has 0 aromatic heterocycles. The van der Waals surface area contributed by atoms with Gasteiger partial charge in [-0.05, 0) is 12.1 Å². The molecule has 0 saturated carbocycles. The van der Waals surface area contributed by atoms with Gasteiger partial charge in [0.1, 0.15) is 7.32 Å². The van der Waals surface area contributed by atoms with E-state index in [1.165, 1.54) is 12.1 Å². The maximum Gasteiger partial charge on any atom is 0.164 e. The highest BCUT2D eigenvalue weighted by molar-refractivity contribution is 6.29. The molecule has 1 aromatic carbocycles. The molecule has 0 aliphatic carbocycles. The molecule has 0 spiro atoms. The van der Waals surface area contributed by atoms with Crippen molar-refractivity contribution in [1.82, 2.24) is 0 Å². The minimum atomic E-state index is -2.32. The van der Waals surface area contributed by atoms with Gasteiger partial charge in [-0.3, -0.25) is 0 Å². The van der Waals surface area contributed by atoms with Crippen molar-refractivity contribution in [3.05, 3.63) is 18.2 Å². The number of hydrogen-bond acceptors (Lipinski definition) is 5. The Hall–Kier alpha value is -1.40. The predicted octanol–water partition coefficient (Wildman–Crippen LogP) is -1.07. The molecule has 6 heteroatoms. The number of fused-ring (bicyclic) bond motifs is 1. The van der Waals surface area contributed by atoms with Crippen LogP contribution in [-0.4, -0.2) is 20.5 Å². The lowest BCUT2D eigenvalue weighted by Gasteiger charge is -2.26. The Morgan fingerprint density at radius 2 is 1.87 bits per heavy atom. The summed E-state index contributed by atoms with van der Waals surface area (Å²) in [6, 6.07) is 4.62. The Morgan fingerprint density at radius 3 is 2.60 bits per heavy atom. The molecule has 15 heavy (non-hydrogen) atoms. The van der Waals surface area contributed by atoms with Crippen molar-refractivity contribution in [2.24, 2.45) is 0 Å². The summed E-state index contributed by atoms with van der Waals surface area (Å²) in [5.41, 5.74) is 0. The van der Waals surface area contributed by atoms with Gasteiger partial charge >= 0.3 is 0 Å². The van der Waals surface area contributed by atoms with Crippen LogP contribution < -0.4 is 24.2 Å². The summed E-state index contributed by atoms with van der Waals surface area (Å²) in [4.78, 5) is 0. The first-order chi connectivity index (χ1) is 7.25. The van der Waals surface area contributed by atoms with Crippen molar-refractivity contribution >= 4 is 7.32 Å². The molecule has 0 fully saturated rings. The zero-order valence-electron chi connectivity index (χ0n) is 7.97. The van der Waals surface area contributed by atoms with Crippen LogP contribution in [0.15, 0.2) is 18.2 Å². The van der Waals surface area contributed by atoms with Crippen LogP contribution in [0.2, 0.25) is 0 Å². The quantitative estimate of drug-likeness (QED) is 0.578. The topological polar surface area (TPSA) is 73.8 Å². The minimum absolute atomic E-state index is 0.203. The van der Waals surface area contributed by atoms with Crippen molar-refractivity contribution in [2.75, 3.05) is 13.2 Å². The lowest BCUT2D eigenvalue weighted by Crippen LogP contribution is -2.50. The normalized spacial score (nSPS) is 14.3. The molecule has 0 amide bonds. The second-order valence-corrected chi connectivity index (χ2v) is 3.07. The van der Waals surface area contributed by atoms with Crippen LogP contribution in [0.5, 0.6) is 17.2 Å². The Morgan fingerprint density at radius 1 is 1.13 bits per heavy atom. The van der Waals surface area contributed by atoms with E-state index in [0.717, 1.165) is 6.42 Å². The van der Waals surface area contributed by atoms with Crippen molar-refractivity contribution in [3.63, 3.8) is 0 Å². The average Bonchev–Trinajstić information content (AvgIpc) is 2.41. The minimum Gasteiger partial charge on any atom is -0.860 e. The van der Waals surface area contributed by atoms with E-state index in [9.17, 15) is 10.0 Å². The molecular formula is C9H9BO5-2. The third-order valence-electron chi connectivity index (χ3n) is 1.95. The van der Waals surface area contributed by atoms with Gasteiger partial charge in [-0.15, -0.1) is 0 Å². The fourth-order valence-corrected chi connectivity index (χ4v) is 1.33. The summed E-state index contributed by atoms with van der Waals surface area (Å²) in [5, 5.41) is 20.6. The molecule has 0 saturated heterocycles. The highest BCUT2D eigenvalue weighted by Gasteiger charge is 2.10. The van der Waals surface area contributed by atoms with Gasteiger partial charge < -0.3 is 24.2 Å². The lowest BCUT2D eigenvalue weighted by atomic mass is 10.2. The van der Waals surface area contributed by atoms with Gasteiger partial charge in [0.15, 0.2) is 11.5 Å². The second-order valence-electron chi connectivity index (χ2n) is 3.07. The SMILES string of the molecule is [O-]B([O-])Oc1ccc2c(c1)OCCCO2. The van der Waals surface area contributed by atoms with Crippen LogP contribution in [0.3, 0.4) is 0 Å². The van der Waals surface area contributed by atoms with Crippen molar-refractivity contribution < 1.29 is 24.2 Å². The highest BCUT2D eigenvalue weighted by Crippen LogP contribution is 2.32. The summed E-state index contributed by atoms with van der Waals surface area (Å²) in [7, 11) is -2.32. The first-order valence-electron chi connectivity index (χ1n) is 4.63. The summed E-state index contributed by atoms with van der Waals surface area (Å²) >= 11 is 0. The van der Waals surface area contributed by atoms with E-state index in [2.05, 4.69) is 4.65 Å². The van der Waals surface area contributed by atoms with E-state index < -0.39 is 7.32 Å². The van der Waals surface area contributed by atoms with Gasteiger partial charge in [-0.1, -0.05) is 0 Å². The maximum absolute atomic E-state index is 10.3. The number of ether oxygens (including phenoxy) is 2. The third-order valence-corrected chi connectivity index (χ3v) is 1.95. The fraction of sp³-hybridized carbons (Fsp3) is 0.333. The zero-order valence-corrected chi connectivity index (χ0v) is 7.97. The monoisotopic (exact) mass is 208 g/mol. The molecule has 1 aliphatic heterocycles. The van der Waals surface area contributed by atoms with Crippen LogP contribution in [0.1, 0.15) is 6.42 Å². The molecule has 0 radical (unpaired) electrons. The van der Waals surface area contributed by atoms with Gasteiger partial charge in [-0.2, -0.15) is 0 Å². The van der Waals surface area contributed by atoms with E-state index >= 15 is 0 Å². The van der Waals surface area contributed by atoms with E-state index in [0.29, 0.717) is 24.7 Å². The predicted molar refractivity (Wildman–Crippen MR) is 48.4 cm³/mol. The Bertz CT molecular complexity index is 341. The fourth-order valence-electron chi connectivity index (χ4n) is 1.33. The standard InChI is InChI=1S/C9H9BO5/c11-10(12)15-7-2-3-8-9(6-7)14-5-1-4-13-8/h2-3,6H,1,4-5H2/q-2. The van der Waals surface area contributed by atoms with E-state index in [1.807, 2.05) is 0 Å². The van der Waals surface area contributed by atoms with Gasteiger partial charge in [0.05, 0.1) is 19.0 Å². The molecule has 0 N–H and O–H groups in total. The maximum atomic E-state index is 10.3. The van der Waals surface area contributed by atoms with E-state index in [-0.39, 0.29) is 5.75 Å². The lowest BCUT2D eigenvalue weighted by molar-refractivity contribution is -0.372. The van der Waals surface area contributed by atoms with Crippen LogP contribution >= 0.6 is 0 Å². The highest BCUT2D eigenvalue weighted by atomic mass is 16.6. The van der Waals surface area contributed by atoms with Crippen molar-refractivity contribution in [2.45, 2.75) is 6.42 Å². The Balaban J connectivity index is 2.20. The molecule has 0 bridgehead atoms. The summed E-state index contributed by atoms with van der Waals surface area (Å²) < 4.78 is 15.2. The molecule has 1 aliphatic rings. The zero-order chi connectivity index (χ0) is 10.7. The molecule has 0 atom stereocenters. The first kappa shape index (κ1) is 10.1. The molecule has 1 aromatic rings. The molecule has 0 unspecified atom stereocenters. The summed E-state index contributed by atoms with van der Waals surface area (Å²) in [5.74, 6) is 1.31. The number of benzene rings is 1. The molecule has 1 heterocycles. The summed E-state index contributed by atoms with van der Waals surface area (Å²) in [6.07, 6.45) is 0.802. The van der Waals surface area contributed by atoms with Crippen LogP contribution in [0.25, 0.3) is 0 Å². The summed E-state index contributed by atoms with van der Waals surface area (Å²) in [6.45, 7) is 1.15. The Labute approximate surface area is 87.4 Å². The van der Waals surface area contributed by atoms with Gasteiger partial charge in [0.25, 0.3) is 0 Å². The van der Waals surface area contributed by atoms with Gasteiger partial charge in [0.2, 0.25) is 0 Å². The van der Waals surface area contributed by atoms with Crippen LogP contribution in [0.4, 0.5) is 0 Å². The van der Waals surface area contributed by atoms with E-state index in [1.54, 1.807) is 6.07 Å². The van der Waals surface area contributed by atoms with Crippen LogP contribution in [0, 0.1) is 0 Å². The third kappa shape index (κ3) is 2.54. The van der Waals surface area contributed by atoms with Gasteiger partial charge in [-0.25, -0.2) is 0 Å². The average molecular weight is 208 g/mol. The van der Waals surface area contributed by atoms with Crippen molar-refractivity contribution in [1.29, 1.82) is 0 Å². The largest absolute Gasteiger partial charge is 0.860 e. The number of rotatable bonds is 2.